The maximum Gasteiger partial charge on any atom is 0.211 e. The second-order valence-electron chi connectivity index (χ2n) is 5.18. The van der Waals surface area contributed by atoms with E-state index >= 15 is 0 Å². The topological polar surface area (TPSA) is 73.8 Å². The number of hydrogen-bond donors (Lipinski definition) is 2. The number of nitrogens with one attached hydrogen (secondary N) is 2. The fraction of sp³-hybridized carbons (Fsp3) is 0.917. The van der Waals surface area contributed by atoms with Gasteiger partial charge in [-0.15, -0.1) is 24.0 Å². The van der Waals surface area contributed by atoms with Gasteiger partial charge in [-0.05, 0) is 25.7 Å². The number of nitrogens with zero attached hydrogens (tertiary/aromatic N) is 2. The van der Waals surface area contributed by atoms with Crippen LogP contribution >= 0.6 is 24.0 Å². The molecule has 2 N–H and O–H groups in total. The lowest BCUT2D eigenvalue weighted by Crippen LogP contribution is -2.44. The van der Waals surface area contributed by atoms with Crippen LogP contribution in [0.5, 0.6) is 0 Å². The molecule has 0 radical (unpaired) electrons. The fourth-order valence-electron chi connectivity index (χ4n) is 2.04. The number of hydrogen-bond acceptors (Lipinski definition) is 3. The van der Waals surface area contributed by atoms with Crippen molar-refractivity contribution in [3.8, 4) is 0 Å². The second kappa shape index (κ2) is 9.04. The minimum Gasteiger partial charge on any atom is -0.356 e. The number of halogens is 1. The molecule has 2 unspecified atom stereocenters. The predicted molar refractivity (Wildman–Crippen MR) is 94.2 cm³/mol. The molecule has 1 saturated heterocycles. The van der Waals surface area contributed by atoms with Crippen LogP contribution in [0, 0.1) is 5.92 Å². The summed E-state index contributed by atoms with van der Waals surface area (Å²) in [6.07, 6.45) is 3.21. The number of guanidine groups is 1. The standard InChI is InChI=1S/C12H26N4O2S.HI/c1-5-10(2)15-12(13-3)14-8-11-6-7-16(9-11)19(4,17)18;/h10-11H,5-9H2,1-4H3,(H2,13,14,15);1H. The van der Waals surface area contributed by atoms with Crippen molar-refractivity contribution in [2.45, 2.75) is 32.7 Å². The Bertz CT molecular complexity index is 414. The van der Waals surface area contributed by atoms with E-state index in [-0.39, 0.29) is 24.0 Å². The Kier molecular flexibility index (Phi) is 8.99. The van der Waals surface area contributed by atoms with E-state index in [9.17, 15) is 8.42 Å². The summed E-state index contributed by atoms with van der Waals surface area (Å²) in [5.74, 6) is 1.14. The summed E-state index contributed by atoms with van der Waals surface area (Å²) in [6.45, 7) is 6.20. The number of sulfonamides is 1. The third-order valence-corrected chi connectivity index (χ3v) is 4.76. The van der Waals surface area contributed by atoms with Crippen molar-refractivity contribution in [3.05, 3.63) is 0 Å². The van der Waals surface area contributed by atoms with E-state index in [1.165, 1.54) is 6.26 Å². The Morgan fingerprint density at radius 3 is 2.60 bits per heavy atom. The van der Waals surface area contributed by atoms with Gasteiger partial charge in [0.05, 0.1) is 6.26 Å². The molecule has 1 heterocycles. The Balaban J connectivity index is 0.00000361. The molecule has 0 saturated carbocycles. The van der Waals surface area contributed by atoms with Gasteiger partial charge in [-0.25, -0.2) is 12.7 Å². The molecule has 1 aliphatic heterocycles. The van der Waals surface area contributed by atoms with Crippen molar-refractivity contribution in [1.29, 1.82) is 0 Å². The van der Waals surface area contributed by atoms with Crippen LogP contribution in [0.4, 0.5) is 0 Å². The van der Waals surface area contributed by atoms with E-state index in [0.717, 1.165) is 25.3 Å². The predicted octanol–water partition coefficient (Wildman–Crippen LogP) is 0.849. The highest BCUT2D eigenvalue weighted by Gasteiger charge is 2.28. The monoisotopic (exact) mass is 418 g/mol. The zero-order valence-corrected chi connectivity index (χ0v) is 15.9. The molecule has 0 aromatic rings. The highest BCUT2D eigenvalue weighted by molar-refractivity contribution is 14.0. The zero-order chi connectivity index (χ0) is 14.5. The zero-order valence-electron chi connectivity index (χ0n) is 12.7. The molecule has 1 rings (SSSR count). The molecule has 6 nitrogen and oxygen atoms in total. The van der Waals surface area contributed by atoms with Crippen LogP contribution < -0.4 is 10.6 Å². The summed E-state index contributed by atoms with van der Waals surface area (Å²) in [7, 11) is -1.30. The third kappa shape index (κ3) is 6.57. The molecule has 1 fully saturated rings. The average Bonchev–Trinajstić information content (AvgIpc) is 2.82. The van der Waals surface area contributed by atoms with Gasteiger partial charge >= 0.3 is 0 Å². The van der Waals surface area contributed by atoms with Crippen molar-refractivity contribution in [3.63, 3.8) is 0 Å². The van der Waals surface area contributed by atoms with E-state index in [1.807, 2.05) is 0 Å². The van der Waals surface area contributed by atoms with E-state index in [2.05, 4.69) is 29.5 Å². The van der Waals surface area contributed by atoms with Crippen molar-refractivity contribution >= 4 is 40.0 Å². The molecule has 0 bridgehead atoms. The summed E-state index contributed by atoms with van der Waals surface area (Å²) in [6, 6.07) is 0.377. The Hall–Kier alpha value is -0.0900. The van der Waals surface area contributed by atoms with Crippen LogP contribution in [0.15, 0.2) is 4.99 Å². The largest absolute Gasteiger partial charge is 0.356 e. The van der Waals surface area contributed by atoms with Gasteiger partial charge in [-0.2, -0.15) is 0 Å². The van der Waals surface area contributed by atoms with Gasteiger partial charge in [0, 0.05) is 32.7 Å². The van der Waals surface area contributed by atoms with Gasteiger partial charge < -0.3 is 10.6 Å². The smallest absolute Gasteiger partial charge is 0.211 e. The van der Waals surface area contributed by atoms with Crippen LogP contribution in [0.1, 0.15) is 26.7 Å². The molecule has 0 spiro atoms. The summed E-state index contributed by atoms with van der Waals surface area (Å²) in [4.78, 5) is 4.17. The normalized spacial score (nSPS) is 22.2. The van der Waals surface area contributed by atoms with Crippen LogP contribution in [-0.4, -0.2) is 57.7 Å². The number of aliphatic imine (C=N–C) groups is 1. The van der Waals surface area contributed by atoms with Gasteiger partial charge in [0.2, 0.25) is 10.0 Å². The first-order chi connectivity index (χ1) is 8.86. The van der Waals surface area contributed by atoms with E-state index in [0.29, 0.717) is 25.0 Å². The lowest BCUT2D eigenvalue weighted by atomic mass is 10.1. The Labute approximate surface area is 139 Å². The molecule has 20 heavy (non-hydrogen) atoms. The third-order valence-electron chi connectivity index (χ3n) is 3.49. The van der Waals surface area contributed by atoms with Gasteiger partial charge in [0.15, 0.2) is 5.96 Å². The van der Waals surface area contributed by atoms with Gasteiger partial charge in [0.1, 0.15) is 0 Å². The van der Waals surface area contributed by atoms with Crippen LogP contribution in [0.25, 0.3) is 0 Å². The molecule has 0 aromatic carbocycles. The Morgan fingerprint density at radius 2 is 2.15 bits per heavy atom. The first-order valence-electron chi connectivity index (χ1n) is 6.79. The van der Waals surface area contributed by atoms with Crippen molar-refractivity contribution in [1.82, 2.24) is 14.9 Å². The van der Waals surface area contributed by atoms with Crippen LogP contribution in [0.2, 0.25) is 0 Å². The van der Waals surface area contributed by atoms with Crippen LogP contribution in [-0.2, 0) is 10.0 Å². The molecular formula is C12H27IN4O2S. The van der Waals surface area contributed by atoms with Crippen molar-refractivity contribution < 1.29 is 8.42 Å². The van der Waals surface area contributed by atoms with Crippen LogP contribution in [0.3, 0.4) is 0 Å². The lowest BCUT2D eigenvalue weighted by Gasteiger charge is -2.18. The van der Waals surface area contributed by atoms with Gasteiger partial charge in [0.25, 0.3) is 0 Å². The molecule has 2 atom stereocenters. The minimum atomic E-state index is -3.04. The first kappa shape index (κ1) is 19.9. The molecule has 0 amide bonds. The first-order valence-corrected chi connectivity index (χ1v) is 8.64. The lowest BCUT2D eigenvalue weighted by molar-refractivity contribution is 0.458. The quantitative estimate of drug-likeness (QED) is 0.395. The highest BCUT2D eigenvalue weighted by atomic mass is 127. The molecule has 0 aromatic heterocycles. The average molecular weight is 418 g/mol. The molecule has 1 aliphatic rings. The summed E-state index contributed by atoms with van der Waals surface area (Å²) in [5.41, 5.74) is 0. The van der Waals surface area contributed by atoms with E-state index < -0.39 is 10.0 Å². The maximum absolute atomic E-state index is 11.4. The van der Waals surface area contributed by atoms with Gasteiger partial charge in [-0.1, -0.05) is 6.92 Å². The minimum absolute atomic E-state index is 0. The highest BCUT2D eigenvalue weighted by Crippen LogP contribution is 2.17. The van der Waals surface area contributed by atoms with E-state index in [1.54, 1.807) is 11.4 Å². The van der Waals surface area contributed by atoms with E-state index in [4.69, 9.17) is 0 Å². The van der Waals surface area contributed by atoms with Crippen molar-refractivity contribution in [2.75, 3.05) is 32.9 Å². The summed E-state index contributed by atoms with van der Waals surface area (Å²) in [5, 5.41) is 6.55. The molecule has 0 aliphatic carbocycles. The van der Waals surface area contributed by atoms with Crippen molar-refractivity contribution in [2.24, 2.45) is 10.9 Å². The fourth-order valence-corrected chi connectivity index (χ4v) is 2.95. The summed E-state index contributed by atoms with van der Waals surface area (Å²) < 4.78 is 24.4. The molecule has 8 heteroatoms. The molecule has 120 valence electrons. The SMILES string of the molecule is CCC(C)NC(=NC)NCC1CCN(S(C)(=O)=O)C1.I. The Morgan fingerprint density at radius 1 is 1.50 bits per heavy atom. The van der Waals surface area contributed by atoms with Gasteiger partial charge in [-0.3, -0.25) is 4.99 Å². The summed E-state index contributed by atoms with van der Waals surface area (Å²) >= 11 is 0. The maximum atomic E-state index is 11.4. The second-order valence-corrected chi connectivity index (χ2v) is 7.16. The number of rotatable bonds is 5. The molecular weight excluding hydrogens is 391 g/mol.